The zero-order chi connectivity index (χ0) is 18.0. The Morgan fingerprint density at radius 2 is 1.80 bits per heavy atom. The number of hydrogen-bond donors (Lipinski definition) is 2. The monoisotopic (exact) mass is 352 g/mol. The molecule has 1 aromatic carbocycles. The summed E-state index contributed by atoms with van der Waals surface area (Å²) in [6.45, 7) is 0.809. The van der Waals surface area contributed by atoms with E-state index in [1.807, 2.05) is 0 Å². The molecule has 2 fully saturated rings. The molecule has 1 aliphatic carbocycles. The third-order valence-electron chi connectivity index (χ3n) is 5.18. The van der Waals surface area contributed by atoms with Crippen molar-refractivity contribution in [2.24, 2.45) is 11.8 Å². The first-order chi connectivity index (χ1) is 12.0. The molecule has 0 radical (unpaired) electrons. The Morgan fingerprint density at radius 1 is 1.12 bits per heavy atom. The molecule has 1 saturated carbocycles. The number of nitrogens with one attached hydrogen (secondary N) is 1. The van der Waals surface area contributed by atoms with Gasteiger partial charge < -0.3 is 15.3 Å². The highest BCUT2D eigenvalue weighted by Crippen LogP contribution is 2.30. The lowest BCUT2D eigenvalue weighted by atomic mass is 9.81. The lowest BCUT2D eigenvalue weighted by Crippen LogP contribution is -2.42. The van der Waals surface area contributed by atoms with Crippen molar-refractivity contribution in [3.05, 3.63) is 29.8 Å². The highest BCUT2D eigenvalue weighted by atomic mass is 19.1. The number of hydrogen-bond acceptors (Lipinski definition) is 3. The smallest absolute Gasteiger partial charge is 0.306 e. The number of para-hydroxylation sites is 1. The van der Waals surface area contributed by atoms with E-state index in [1.54, 1.807) is 4.90 Å². The van der Waals surface area contributed by atoms with Gasteiger partial charge in [0.05, 0.1) is 5.92 Å². The van der Waals surface area contributed by atoms with Gasteiger partial charge in [0.15, 0.2) is 0 Å². The second-order valence-corrected chi connectivity index (χ2v) is 6.91. The van der Waals surface area contributed by atoms with Gasteiger partial charge in [-0.2, -0.15) is 0 Å². The first-order valence-electron chi connectivity index (χ1n) is 8.68. The third kappa shape index (κ3) is 3.91. The first-order valence-corrected chi connectivity index (χ1v) is 8.68. The summed E-state index contributed by atoms with van der Waals surface area (Å²) < 4.78 is 27.8. The van der Waals surface area contributed by atoms with Crippen LogP contribution in [-0.4, -0.2) is 36.1 Å². The van der Waals surface area contributed by atoms with Crippen molar-refractivity contribution in [3.8, 4) is 0 Å². The summed E-state index contributed by atoms with van der Waals surface area (Å²) in [5, 5.41) is 12.1. The van der Waals surface area contributed by atoms with Crippen LogP contribution in [0.3, 0.4) is 0 Å². The van der Waals surface area contributed by atoms with Crippen LogP contribution in [-0.2, 0) is 9.59 Å². The first kappa shape index (κ1) is 17.6. The van der Waals surface area contributed by atoms with Crippen LogP contribution in [0.1, 0.15) is 32.1 Å². The van der Waals surface area contributed by atoms with Gasteiger partial charge >= 0.3 is 5.97 Å². The van der Waals surface area contributed by atoms with Crippen molar-refractivity contribution in [3.63, 3.8) is 0 Å². The summed E-state index contributed by atoms with van der Waals surface area (Å²) in [6.07, 6.45) is 3.00. The lowest BCUT2D eigenvalue weighted by molar-refractivity contribution is -0.144. The van der Waals surface area contributed by atoms with Gasteiger partial charge in [0.25, 0.3) is 0 Å². The fourth-order valence-electron chi connectivity index (χ4n) is 3.84. The minimum absolute atomic E-state index is 0.0529. The largest absolute Gasteiger partial charge is 0.481 e. The van der Waals surface area contributed by atoms with E-state index >= 15 is 0 Å². The molecule has 2 N–H and O–H groups in total. The van der Waals surface area contributed by atoms with Gasteiger partial charge in [0, 0.05) is 25.0 Å². The molecular weight excluding hydrogens is 330 g/mol. The predicted molar refractivity (Wildman–Crippen MR) is 88.2 cm³/mol. The van der Waals surface area contributed by atoms with Crippen LogP contribution in [0.25, 0.3) is 0 Å². The zero-order valence-corrected chi connectivity index (χ0v) is 13.9. The summed E-state index contributed by atoms with van der Waals surface area (Å²) in [6, 6.07) is 3.58. The Hall–Kier alpha value is -2.18. The third-order valence-corrected chi connectivity index (χ3v) is 5.18. The van der Waals surface area contributed by atoms with Gasteiger partial charge in [0.1, 0.15) is 17.3 Å². The number of anilines is 1. The van der Waals surface area contributed by atoms with Gasteiger partial charge in [-0.1, -0.05) is 12.5 Å². The van der Waals surface area contributed by atoms with Crippen LogP contribution >= 0.6 is 0 Å². The highest BCUT2D eigenvalue weighted by molar-refractivity contribution is 5.80. The highest BCUT2D eigenvalue weighted by Gasteiger charge is 2.33. The number of carboxylic acid groups (broad SMARTS) is 1. The van der Waals surface area contributed by atoms with Crippen molar-refractivity contribution < 1.29 is 23.5 Å². The van der Waals surface area contributed by atoms with Crippen LogP contribution in [0.4, 0.5) is 14.5 Å². The van der Waals surface area contributed by atoms with E-state index in [2.05, 4.69) is 5.32 Å². The second-order valence-electron chi connectivity index (χ2n) is 6.91. The summed E-state index contributed by atoms with van der Waals surface area (Å²) in [5.74, 6) is -2.97. The fourth-order valence-corrected chi connectivity index (χ4v) is 3.84. The summed E-state index contributed by atoms with van der Waals surface area (Å²) in [7, 11) is 0. The molecule has 3 atom stereocenters. The number of carboxylic acids is 1. The average molecular weight is 352 g/mol. The quantitative estimate of drug-likeness (QED) is 0.874. The van der Waals surface area contributed by atoms with Crippen LogP contribution in [0.2, 0.25) is 0 Å². The van der Waals surface area contributed by atoms with Crippen molar-refractivity contribution in [2.75, 3.05) is 18.0 Å². The van der Waals surface area contributed by atoms with E-state index in [0.29, 0.717) is 38.8 Å². The number of rotatable bonds is 4. The normalized spacial score (nSPS) is 26.5. The summed E-state index contributed by atoms with van der Waals surface area (Å²) >= 11 is 0. The van der Waals surface area contributed by atoms with E-state index < -0.39 is 23.5 Å². The average Bonchev–Trinajstić information content (AvgIpc) is 3.03. The van der Waals surface area contributed by atoms with Gasteiger partial charge in [-0.15, -0.1) is 0 Å². The molecule has 1 aromatic rings. The Balaban J connectivity index is 1.58. The van der Waals surface area contributed by atoms with Gasteiger partial charge in [-0.25, -0.2) is 8.78 Å². The summed E-state index contributed by atoms with van der Waals surface area (Å²) in [4.78, 5) is 25.2. The minimum atomic E-state index is -0.848. The van der Waals surface area contributed by atoms with Crippen molar-refractivity contribution in [1.82, 2.24) is 5.32 Å². The molecule has 0 spiro atoms. The van der Waals surface area contributed by atoms with E-state index in [0.717, 1.165) is 6.42 Å². The van der Waals surface area contributed by atoms with E-state index in [1.165, 1.54) is 18.2 Å². The van der Waals surface area contributed by atoms with Gasteiger partial charge in [0.2, 0.25) is 5.91 Å². The maximum atomic E-state index is 13.9. The molecule has 0 aromatic heterocycles. The molecular formula is C18H22F2N2O3. The maximum absolute atomic E-state index is 13.9. The van der Waals surface area contributed by atoms with Crippen molar-refractivity contribution in [1.29, 1.82) is 0 Å². The molecule has 1 amide bonds. The molecule has 136 valence electrons. The number of aliphatic carboxylic acids is 1. The fraction of sp³-hybridized carbons (Fsp3) is 0.556. The molecule has 1 heterocycles. The molecule has 5 nitrogen and oxygen atoms in total. The molecule has 2 aliphatic rings. The second kappa shape index (κ2) is 7.37. The number of carbonyl (C=O) groups is 2. The number of halogens is 2. The predicted octanol–water partition coefficient (Wildman–Crippen LogP) is 2.55. The van der Waals surface area contributed by atoms with Crippen LogP contribution in [0.5, 0.6) is 0 Å². The van der Waals surface area contributed by atoms with E-state index in [9.17, 15) is 18.4 Å². The Labute approximate surface area is 145 Å². The summed E-state index contributed by atoms with van der Waals surface area (Å²) in [5.41, 5.74) is -0.0529. The molecule has 7 heteroatoms. The molecule has 3 rings (SSSR count). The molecule has 25 heavy (non-hydrogen) atoms. The van der Waals surface area contributed by atoms with Crippen LogP contribution in [0, 0.1) is 23.5 Å². The minimum Gasteiger partial charge on any atom is -0.481 e. The molecule has 1 aliphatic heterocycles. The van der Waals surface area contributed by atoms with Crippen molar-refractivity contribution >= 4 is 17.6 Å². The molecule has 0 bridgehead atoms. The van der Waals surface area contributed by atoms with Gasteiger partial charge in [-0.3, -0.25) is 9.59 Å². The number of amides is 1. The van der Waals surface area contributed by atoms with E-state index in [4.69, 9.17) is 5.11 Å². The number of nitrogens with zero attached hydrogens (tertiary/aromatic N) is 1. The Bertz CT molecular complexity index is 647. The molecule has 3 unspecified atom stereocenters. The van der Waals surface area contributed by atoms with Gasteiger partial charge in [-0.05, 0) is 37.8 Å². The Kier molecular flexibility index (Phi) is 5.20. The molecule has 1 saturated heterocycles. The maximum Gasteiger partial charge on any atom is 0.306 e. The number of benzene rings is 1. The standard InChI is InChI=1S/C18H22F2N2O3/c19-14-5-2-6-15(20)16(14)22-8-7-13(10-22)21-17(23)11-3-1-4-12(9-11)18(24)25/h2,5-6,11-13H,1,3-4,7-10H2,(H,21,23)(H,24,25). The SMILES string of the molecule is O=C(O)C1CCCC(C(=O)NC2CCN(c3c(F)cccc3F)C2)C1. The van der Waals surface area contributed by atoms with Crippen molar-refractivity contribution in [2.45, 2.75) is 38.1 Å². The van der Waals surface area contributed by atoms with Crippen LogP contribution in [0.15, 0.2) is 18.2 Å². The number of carbonyl (C=O) groups excluding carboxylic acids is 1. The Morgan fingerprint density at radius 3 is 2.48 bits per heavy atom. The lowest BCUT2D eigenvalue weighted by Gasteiger charge is -2.27. The zero-order valence-electron chi connectivity index (χ0n) is 13.9. The van der Waals surface area contributed by atoms with Crippen LogP contribution < -0.4 is 10.2 Å². The van der Waals surface area contributed by atoms with E-state index in [-0.39, 0.29) is 23.6 Å². The topological polar surface area (TPSA) is 69.6 Å².